The quantitative estimate of drug-likeness (QED) is 0.465. The van der Waals surface area contributed by atoms with Crippen molar-refractivity contribution in [3.8, 4) is 0 Å². The molecule has 0 heterocycles. The first-order valence-corrected chi connectivity index (χ1v) is 3.92. The lowest BCUT2D eigenvalue weighted by Gasteiger charge is -1.98. The van der Waals surface area contributed by atoms with E-state index in [-0.39, 0.29) is 5.71 Å². The Labute approximate surface area is 84.2 Å². The van der Waals surface area contributed by atoms with Gasteiger partial charge in [0, 0.05) is 23.4 Å². The number of nitrogens with one attached hydrogen (secondary N) is 1. The molecule has 1 aromatic carbocycles. The second-order valence-corrected chi connectivity index (χ2v) is 2.84. The number of hydrogen-bond acceptors (Lipinski definition) is 5. The molecule has 0 bridgehead atoms. The molecular formula is C8H7N3O4. The van der Waals surface area contributed by atoms with Crippen molar-refractivity contribution in [2.45, 2.75) is 6.92 Å². The summed E-state index contributed by atoms with van der Waals surface area (Å²) in [7, 11) is 0. The molecule has 0 spiro atoms. The summed E-state index contributed by atoms with van der Waals surface area (Å²) in [5.41, 5.74) is -0.741. The zero-order valence-electron chi connectivity index (χ0n) is 7.76. The second kappa shape index (κ2) is 3.82. The van der Waals surface area contributed by atoms with Crippen LogP contribution in [-0.4, -0.2) is 15.6 Å². The highest BCUT2D eigenvalue weighted by atomic mass is 16.6. The van der Waals surface area contributed by atoms with Gasteiger partial charge in [-0.05, 0) is 13.0 Å². The third-order valence-electron chi connectivity index (χ3n) is 1.80. The van der Waals surface area contributed by atoms with E-state index in [1.165, 1.54) is 13.0 Å². The minimum Gasteiger partial charge on any atom is -0.305 e. The summed E-state index contributed by atoms with van der Waals surface area (Å²) in [5, 5.41) is 28.2. The van der Waals surface area contributed by atoms with Gasteiger partial charge in [-0.3, -0.25) is 20.2 Å². The molecule has 0 aliphatic heterocycles. The van der Waals surface area contributed by atoms with Crippen LogP contribution in [0, 0.1) is 25.6 Å². The standard InChI is InChI=1S/C8H7N3O4/c1-5(9)6-2-3-7(10(12)13)8(4-6)11(14)15/h2-4,9H,1H3. The average Bonchev–Trinajstić information content (AvgIpc) is 2.16. The highest BCUT2D eigenvalue weighted by Gasteiger charge is 2.24. The predicted octanol–water partition coefficient (Wildman–Crippen LogP) is 1.89. The second-order valence-electron chi connectivity index (χ2n) is 2.84. The molecule has 0 saturated heterocycles. The van der Waals surface area contributed by atoms with E-state index >= 15 is 0 Å². The van der Waals surface area contributed by atoms with E-state index in [9.17, 15) is 20.2 Å². The van der Waals surface area contributed by atoms with Crippen LogP contribution in [0.1, 0.15) is 12.5 Å². The number of benzene rings is 1. The van der Waals surface area contributed by atoms with Crippen molar-refractivity contribution in [3.05, 3.63) is 44.0 Å². The summed E-state index contributed by atoms with van der Waals surface area (Å²) < 4.78 is 0. The Kier molecular flexibility index (Phi) is 2.75. The Morgan fingerprint density at radius 1 is 1.20 bits per heavy atom. The molecule has 0 aromatic heterocycles. The molecule has 7 nitrogen and oxygen atoms in total. The maximum atomic E-state index is 10.5. The lowest BCUT2D eigenvalue weighted by Crippen LogP contribution is -1.99. The Morgan fingerprint density at radius 3 is 2.13 bits per heavy atom. The fourth-order valence-electron chi connectivity index (χ4n) is 1.06. The van der Waals surface area contributed by atoms with E-state index in [2.05, 4.69) is 0 Å². The molecule has 0 aliphatic rings. The first kappa shape index (κ1) is 10.8. The van der Waals surface area contributed by atoms with Crippen LogP contribution in [0.4, 0.5) is 11.4 Å². The smallest absolute Gasteiger partial charge is 0.305 e. The molecule has 0 fully saturated rings. The molecular weight excluding hydrogens is 202 g/mol. The number of nitro groups is 2. The minimum atomic E-state index is -0.829. The summed E-state index contributed by atoms with van der Waals surface area (Å²) in [6.07, 6.45) is 0. The summed E-state index contributed by atoms with van der Waals surface area (Å²) in [4.78, 5) is 19.3. The van der Waals surface area contributed by atoms with Crippen LogP contribution in [-0.2, 0) is 0 Å². The van der Waals surface area contributed by atoms with Gasteiger partial charge >= 0.3 is 11.4 Å². The Morgan fingerprint density at radius 2 is 1.73 bits per heavy atom. The van der Waals surface area contributed by atoms with Crippen LogP contribution in [0.15, 0.2) is 18.2 Å². The highest BCUT2D eigenvalue weighted by molar-refractivity contribution is 5.97. The SMILES string of the molecule is CC(=N)c1ccc([N+](=O)[O-])c([N+](=O)[O-])c1. The molecule has 0 amide bonds. The maximum Gasteiger partial charge on any atom is 0.346 e. The summed E-state index contributed by atoms with van der Waals surface area (Å²) >= 11 is 0. The summed E-state index contributed by atoms with van der Waals surface area (Å²) in [5.74, 6) is 0. The molecule has 0 unspecified atom stereocenters. The van der Waals surface area contributed by atoms with Crippen LogP contribution in [0.3, 0.4) is 0 Å². The van der Waals surface area contributed by atoms with Gasteiger partial charge < -0.3 is 5.41 Å². The van der Waals surface area contributed by atoms with Crippen molar-refractivity contribution < 1.29 is 9.85 Å². The van der Waals surface area contributed by atoms with Gasteiger partial charge in [-0.15, -0.1) is 0 Å². The molecule has 1 aromatic rings. The number of hydrogen-bond donors (Lipinski definition) is 1. The third-order valence-corrected chi connectivity index (χ3v) is 1.80. The van der Waals surface area contributed by atoms with Crippen molar-refractivity contribution in [2.24, 2.45) is 0 Å². The third kappa shape index (κ3) is 2.13. The zero-order valence-corrected chi connectivity index (χ0v) is 7.76. The Hall–Kier alpha value is -2.31. The van der Waals surface area contributed by atoms with Crippen LogP contribution in [0.2, 0.25) is 0 Å². The van der Waals surface area contributed by atoms with E-state index in [1.807, 2.05) is 0 Å². The maximum absolute atomic E-state index is 10.5. The van der Waals surface area contributed by atoms with Crippen molar-refractivity contribution >= 4 is 17.1 Å². The summed E-state index contributed by atoms with van der Waals surface area (Å²) in [6.45, 7) is 1.45. The van der Waals surface area contributed by atoms with Crippen molar-refractivity contribution in [1.82, 2.24) is 0 Å². The Balaban J connectivity index is 3.40. The Bertz CT molecular complexity index is 455. The van der Waals surface area contributed by atoms with Gasteiger partial charge in [-0.25, -0.2) is 0 Å². The predicted molar refractivity (Wildman–Crippen MR) is 52.3 cm³/mol. The topological polar surface area (TPSA) is 110 Å². The van der Waals surface area contributed by atoms with E-state index in [1.54, 1.807) is 0 Å². The molecule has 1 rings (SSSR count). The number of nitrogens with zero attached hydrogens (tertiary/aromatic N) is 2. The van der Waals surface area contributed by atoms with Crippen LogP contribution < -0.4 is 0 Å². The molecule has 0 aliphatic carbocycles. The first-order valence-electron chi connectivity index (χ1n) is 3.92. The van der Waals surface area contributed by atoms with Gasteiger partial charge in [-0.1, -0.05) is 0 Å². The first-order chi connectivity index (χ1) is 6.93. The summed E-state index contributed by atoms with van der Waals surface area (Å²) in [6, 6.07) is 3.37. The van der Waals surface area contributed by atoms with Crippen LogP contribution >= 0.6 is 0 Å². The fraction of sp³-hybridized carbons (Fsp3) is 0.125. The molecule has 1 N–H and O–H groups in total. The van der Waals surface area contributed by atoms with Crippen molar-refractivity contribution in [1.29, 1.82) is 5.41 Å². The minimum absolute atomic E-state index is 0.119. The highest BCUT2D eigenvalue weighted by Crippen LogP contribution is 2.27. The lowest BCUT2D eigenvalue weighted by atomic mass is 10.1. The molecule has 78 valence electrons. The van der Waals surface area contributed by atoms with E-state index < -0.39 is 21.2 Å². The van der Waals surface area contributed by atoms with Gasteiger partial charge in [0.2, 0.25) is 0 Å². The fourth-order valence-corrected chi connectivity index (χ4v) is 1.06. The van der Waals surface area contributed by atoms with Crippen LogP contribution in [0.5, 0.6) is 0 Å². The number of nitro benzene ring substituents is 2. The molecule has 15 heavy (non-hydrogen) atoms. The van der Waals surface area contributed by atoms with Crippen molar-refractivity contribution in [3.63, 3.8) is 0 Å². The van der Waals surface area contributed by atoms with Gasteiger partial charge in [0.15, 0.2) is 0 Å². The molecule has 0 atom stereocenters. The van der Waals surface area contributed by atoms with E-state index in [0.29, 0.717) is 5.56 Å². The van der Waals surface area contributed by atoms with Gasteiger partial charge in [0.25, 0.3) is 0 Å². The lowest BCUT2D eigenvalue weighted by molar-refractivity contribution is -0.422. The molecule has 0 saturated carbocycles. The van der Waals surface area contributed by atoms with E-state index in [0.717, 1.165) is 12.1 Å². The van der Waals surface area contributed by atoms with Gasteiger partial charge in [0.1, 0.15) is 0 Å². The number of rotatable bonds is 3. The van der Waals surface area contributed by atoms with Crippen molar-refractivity contribution in [2.75, 3.05) is 0 Å². The zero-order chi connectivity index (χ0) is 11.6. The molecule has 0 radical (unpaired) electrons. The largest absolute Gasteiger partial charge is 0.346 e. The van der Waals surface area contributed by atoms with Gasteiger partial charge in [-0.2, -0.15) is 0 Å². The van der Waals surface area contributed by atoms with Crippen LogP contribution in [0.25, 0.3) is 0 Å². The normalized spacial score (nSPS) is 9.67. The molecule has 7 heteroatoms. The van der Waals surface area contributed by atoms with E-state index in [4.69, 9.17) is 5.41 Å². The van der Waals surface area contributed by atoms with Gasteiger partial charge in [0.05, 0.1) is 9.85 Å². The average molecular weight is 209 g/mol. The monoisotopic (exact) mass is 209 g/mol.